The lowest BCUT2D eigenvalue weighted by atomic mass is 10.1. The minimum Gasteiger partial charge on any atom is -0.388 e. The molecule has 0 saturated carbocycles. The zero-order valence-electron chi connectivity index (χ0n) is 20.3. The number of carbonyl (C=O) groups excluding carboxylic acids is 2. The van der Waals surface area contributed by atoms with Crippen LogP contribution in [0.3, 0.4) is 0 Å². The van der Waals surface area contributed by atoms with E-state index in [1.807, 2.05) is 24.8 Å². The van der Waals surface area contributed by atoms with Crippen LogP contribution in [-0.2, 0) is 4.74 Å². The number of hydrogen-bond acceptors (Lipinski definition) is 8. The summed E-state index contributed by atoms with van der Waals surface area (Å²) in [7, 11) is 0. The number of aryl methyl sites for hydroxylation is 1. The Morgan fingerprint density at radius 2 is 2.06 bits per heavy atom. The summed E-state index contributed by atoms with van der Waals surface area (Å²) in [4.78, 5) is 38.0. The Hall–Kier alpha value is -2.56. The lowest BCUT2D eigenvalue weighted by Crippen LogP contribution is -2.42. The van der Waals surface area contributed by atoms with Crippen LogP contribution < -0.4 is 10.6 Å². The van der Waals surface area contributed by atoms with Crippen molar-refractivity contribution in [2.24, 2.45) is 0 Å². The molecule has 0 aliphatic carbocycles. The third-order valence-corrected chi connectivity index (χ3v) is 7.15. The number of amides is 2. The highest BCUT2D eigenvalue weighted by Crippen LogP contribution is 2.35. The molecule has 0 bridgehead atoms. The fraction of sp³-hybridized carbons (Fsp3) is 0.583. The first-order chi connectivity index (χ1) is 16.0. The third-order valence-electron chi connectivity index (χ3n) is 6.06. The molecule has 2 saturated heterocycles. The van der Waals surface area contributed by atoms with Crippen LogP contribution in [0.5, 0.6) is 0 Å². The molecule has 4 rings (SSSR count). The van der Waals surface area contributed by atoms with Crippen molar-refractivity contribution >= 4 is 29.0 Å². The van der Waals surface area contributed by atoms with Gasteiger partial charge < -0.3 is 25.4 Å². The Morgan fingerprint density at radius 3 is 2.65 bits per heavy atom. The van der Waals surface area contributed by atoms with Gasteiger partial charge in [-0.25, -0.2) is 9.97 Å². The second kappa shape index (κ2) is 9.59. The number of aliphatic hydroxyl groups excluding tert-OH is 1. The monoisotopic (exact) mass is 487 g/mol. The number of thiazole rings is 1. The smallest absolute Gasteiger partial charge is 0.280 e. The largest absolute Gasteiger partial charge is 0.388 e. The van der Waals surface area contributed by atoms with Gasteiger partial charge in [0.15, 0.2) is 5.01 Å². The van der Waals surface area contributed by atoms with Crippen LogP contribution in [0.25, 0.3) is 10.4 Å². The van der Waals surface area contributed by atoms with Crippen molar-refractivity contribution in [3.05, 3.63) is 28.5 Å². The second-order valence-corrected chi connectivity index (χ2v) is 11.1. The standard InChI is InChI=1S/C24H33N5O4S/c1-13-9-18(28-24(3,4)5)25-10-15(13)20-19(23(32)29-8-6-7-14(29)2)27-22(34-20)21(31)26-16-11-33-12-17(16)30/h9-10,14,16-17,30H,6-8,11-12H2,1-5H3,(H,25,28)(H,26,31)/t14-,16-,17-/m0/s1. The van der Waals surface area contributed by atoms with Gasteiger partial charge in [0.25, 0.3) is 11.8 Å². The van der Waals surface area contributed by atoms with Crippen LogP contribution in [0.1, 0.15) is 66.4 Å². The van der Waals surface area contributed by atoms with E-state index in [0.29, 0.717) is 11.4 Å². The SMILES string of the molecule is Cc1cc(NC(C)(C)C)ncc1-c1sc(C(=O)N[C@H]2COC[C@@H]2O)nc1C(=O)N1CCC[C@@H]1C. The van der Waals surface area contributed by atoms with Crippen LogP contribution in [0.4, 0.5) is 5.82 Å². The molecule has 2 aromatic heterocycles. The molecule has 3 N–H and O–H groups in total. The van der Waals surface area contributed by atoms with E-state index in [4.69, 9.17) is 4.74 Å². The van der Waals surface area contributed by atoms with Gasteiger partial charge in [-0.05, 0) is 59.1 Å². The van der Waals surface area contributed by atoms with Gasteiger partial charge in [-0.2, -0.15) is 0 Å². The molecule has 2 fully saturated rings. The molecule has 184 valence electrons. The molecule has 0 radical (unpaired) electrons. The van der Waals surface area contributed by atoms with Gasteiger partial charge >= 0.3 is 0 Å². The van der Waals surface area contributed by atoms with Crippen LogP contribution in [0.2, 0.25) is 0 Å². The Kier molecular flexibility index (Phi) is 6.93. The van der Waals surface area contributed by atoms with E-state index < -0.39 is 18.1 Å². The van der Waals surface area contributed by atoms with E-state index in [0.717, 1.165) is 29.8 Å². The molecule has 4 heterocycles. The van der Waals surface area contributed by atoms with Crippen molar-refractivity contribution in [1.29, 1.82) is 0 Å². The van der Waals surface area contributed by atoms with Crippen LogP contribution >= 0.6 is 11.3 Å². The van der Waals surface area contributed by atoms with Crippen molar-refractivity contribution in [1.82, 2.24) is 20.2 Å². The summed E-state index contributed by atoms with van der Waals surface area (Å²) in [6, 6.07) is 1.57. The molecule has 34 heavy (non-hydrogen) atoms. The van der Waals surface area contributed by atoms with Gasteiger partial charge in [-0.15, -0.1) is 11.3 Å². The van der Waals surface area contributed by atoms with Crippen LogP contribution in [-0.4, -0.2) is 75.3 Å². The van der Waals surface area contributed by atoms with Gasteiger partial charge in [0.2, 0.25) is 0 Å². The number of pyridine rings is 1. The fourth-order valence-corrected chi connectivity index (χ4v) is 5.31. The predicted octanol–water partition coefficient (Wildman–Crippen LogP) is 2.84. The minimum atomic E-state index is -0.760. The lowest BCUT2D eigenvalue weighted by Gasteiger charge is -2.22. The Balaban J connectivity index is 1.70. The number of aliphatic hydroxyl groups is 1. The minimum absolute atomic E-state index is 0.127. The highest BCUT2D eigenvalue weighted by Gasteiger charge is 2.33. The maximum absolute atomic E-state index is 13.5. The average Bonchev–Trinajstić information content (AvgIpc) is 3.47. The Morgan fingerprint density at radius 1 is 1.29 bits per heavy atom. The molecule has 10 heteroatoms. The van der Waals surface area contributed by atoms with Crippen molar-refractivity contribution in [2.75, 3.05) is 25.1 Å². The fourth-order valence-electron chi connectivity index (χ4n) is 4.27. The molecule has 2 amide bonds. The maximum Gasteiger partial charge on any atom is 0.280 e. The first kappa shape index (κ1) is 24.6. The first-order valence-corrected chi connectivity index (χ1v) is 12.5. The van der Waals surface area contributed by atoms with E-state index in [-0.39, 0.29) is 41.4 Å². The number of carbonyl (C=O) groups is 2. The average molecular weight is 488 g/mol. The van der Waals surface area contributed by atoms with Gasteiger partial charge in [-0.1, -0.05) is 0 Å². The highest BCUT2D eigenvalue weighted by atomic mass is 32.1. The topological polar surface area (TPSA) is 117 Å². The number of nitrogens with one attached hydrogen (secondary N) is 2. The van der Waals surface area contributed by atoms with E-state index in [1.165, 1.54) is 11.3 Å². The molecular formula is C24H33N5O4S. The zero-order valence-corrected chi connectivity index (χ0v) is 21.2. The summed E-state index contributed by atoms with van der Waals surface area (Å²) in [5.74, 6) is 0.147. The normalized spacial score (nSPS) is 22.8. The highest BCUT2D eigenvalue weighted by molar-refractivity contribution is 7.17. The van der Waals surface area contributed by atoms with E-state index >= 15 is 0 Å². The quantitative estimate of drug-likeness (QED) is 0.594. The summed E-state index contributed by atoms with van der Waals surface area (Å²) in [5, 5.41) is 16.3. The van der Waals surface area contributed by atoms with Crippen molar-refractivity contribution in [3.63, 3.8) is 0 Å². The van der Waals surface area contributed by atoms with Gasteiger partial charge in [0.05, 0.1) is 30.2 Å². The van der Waals surface area contributed by atoms with Crippen molar-refractivity contribution in [3.8, 4) is 10.4 Å². The van der Waals surface area contributed by atoms with E-state index in [2.05, 4.69) is 41.4 Å². The number of rotatable bonds is 5. The predicted molar refractivity (Wildman–Crippen MR) is 131 cm³/mol. The van der Waals surface area contributed by atoms with Crippen LogP contribution in [0.15, 0.2) is 12.3 Å². The van der Waals surface area contributed by atoms with Crippen molar-refractivity contribution in [2.45, 2.75) is 71.2 Å². The Bertz CT molecular complexity index is 1080. The first-order valence-electron chi connectivity index (χ1n) is 11.7. The Labute approximate surface area is 203 Å². The summed E-state index contributed by atoms with van der Waals surface area (Å²) in [6.45, 7) is 11.3. The number of hydrogen-bond donors (Lipinski definition) is 3. The van der Waals surface area contributed by atoms with Crippen molar-refractivity contribution < 1.29 is 19.4 Å². The molecule has 9 nitrogen and oxygen atoms in total. The molecule has 2 aromatic rings. The third kappa shape index (κ3) is 5.24. The summed E-state index contributed by atoms with van der Waals surface area (Å²) < 4.78 is 5.23. The van der Waals surface area contributed by atoms with Gasteiger partial charge in [-0.3, -0.25) is 9.59 Å². The number of anilines is 1. The number of ether oxygens (including phenoxy) is 1. The summed E-state index contributed by atoms with van der Waals surface area (Å²) >= 11 is 1.17. The molecule has 3 atom stereocenters. The zero-order chi connectivity index (χ0) is 24.6. The summed E-state index contributed by atoms with van der Waals surface area (Å²) in [5.41, 5.74) is 1.84. The van der Waals surface area contributed by atoms with E-state index in [9.17, 15) is 14.7 Å². The van der Waals surface area contributed by atoms with E-state index in [1.54, 1.807) is 6.20 Å². The number of likely N-dealkylation sites (tertiary alicyclic amines) is 1. The molecule has 0 unspecified atom stereocenters. The number of nitrogens with zero attached hydrogens (tertiary/aromatic N) is 3. The van der Waals surface area contributed by atoms with Gasteiger partial charge in [0.1, 0.15) is 11.5 Å². The molecule has 0 aromatic carbocycles. The van der Waals surface area contributed by atoms with Crippen LogP contribution in [0, 0.1) is 6.92 Å². The lowest BCUT2D eigenvalue weighted by molar-refractivity contribution is 0.0743. The molecular weight excluding hydrogens is 454 g/mol. The summed E-state index contributed by atoms with van der Waals surface area (Å²) in [6.07, 6.45) is 2.88. The number of aromatic nitrogens is 2. The maximum atomic E-state index is 13.5. The molecule has 2 aliphatic heterocycles. The molecule has 2 aliphatic rings. The van der Waals surface area contributed by atoms with Gasteiger partial charge in [0, 0.05) is 29.9 Å². The second-order valence-electron chi connectivity index (χ2n) is 10.1. The molecule has 0 spiro atoms.